The van der Waals surface area contributed by atoms with Crippen LogP contribution in [0.15, 0.2) is 64.6 Å². The zero-order valence-corrected chi connectivity index (χ0v) is 15.4. The molecular formula is C18H15BrN2O2S. The van der Waals surface area contributed by atoms with Crippen LogP contribution in [0.2, 0.25) is 0 Å². The number of carbonyl (C=O) groups is 1. The van der Waals surface area contributed by atoms with Crippen molar-refractivity contribution in [2.75, 3.05) is 7.11 Å². The maximum absolute atomic E-state index is 12.5. The van der Waals surface area contributed by atoms with E-state index in [0.29, 0.717) is 16.9 Å². The van der Waals surface area contributed by atoms with Crippen LogP contribution >= 0.6 is 27.3 Å². The lowest BCUT2D eigenvalue weighted by Gasteiger charge is -2.06. The molecule has 24 heavy (non-hydrogen) atoms. The van der Waals surface area contributed by atoms with Crippen LogP contribution in [0.4, 0.5) is 0 Å². The number of hydrogen-bond donors (Lipinski definition) is 0. The van der Waals surface area contributed by atoms with Crippen LogP contribution in [0.25, 0.3) is 10.2 Å². The van der Waals surface area contributed by atoms with E-state index in [-0.39, 0.29) is 5.91 Å². The van der Waals surface area contributed by atoms with E-state index in [0.717, 1.165) is 20.4 Å². The first-order valence-electron chi connectivity index (χ1n) is 7.26. The normalized spacial score (nSPS) is 11.7. The van der Waals surface area contributed by atoms with Gasteiger partial charge in [0.05, 0.1) is 11.8 Å². The molecule has 0 saturated carbocycles. The lowest BCUT2D eigenvalue weighted by molar-refractivity contribution is 0.0998. The lowest BCUT2D eigenvalue weighted by Crippen LogP contribution is -2.16. The molecule has 0 aliphatic carbocycles. The summed E-state index contributed by atoms with van der Waals surface area (Å²) in [4.78, 5) is 17.4. The lowest BCUT2D eigenvalue weighted by atomic mass is 10.2. The molecule has 1 heterocycles. The van der Waals surface area contributed by atoms with Gasteiger partial charge in [0.25, 0.3) is 5.91 Å². The third-order valence-electron chi connectivity index (χ3n) is 3.46. The van der Waals surface area contributed by atoms with Crippen molar-refractivity contribution in [3.63, 3.8) is 0 Å². The largest absolute Gasteiger partial charge is 0.495 e. The molecule has 0 radical (unpaired) electrons. The van der Waals surface area contributed by atoms with E-state index < -0.39 is 0 Å². The average Bonchev–Trinajstić information content (AvgIpc) is 2.92. The number of allylic oxidation sites excluding steroid dienone is 1. The first-order chi connectivity index (χ1) is 11.6. The summed E-state index contributed by atoms with van der Waals surface area (Å²) in [6.07, 6.45) is 1.78. The molecule has 6 heteroatoms. The van der Waals surface area contributed by atoms with Crippen LogP contribution in [0, 0.1) is 0 Å². The Morgan fingerprint density at radius 1 is 1.38 bits per heavy atom. The van der Waals surface area contributed by atoms with Crippen LogP contribution in [0.5, 0.6) is 5.75 Å². The molecular weight excluding hydrogens is 388 g/mol. The van der Waals surface area contributed by atoms with E-state index in [1.807, 2.05) is 34.9 Å². The highest BCUT2D eigenvalue weighted by atomic mass is 79.9. The Bertz CT molecular complexity index is 988. The number of halogens is 1. The Kier molecular flexibility index (Phi) is 4.97. The number of aromatic nitrogens is 1. The van der Waals surface area contributed by atoms with Crippen molar-refractivity contribution in [2.24, 2.45) is 4.99 Å². The number of ether oxygens (including phenoxy) is 1. The standard InChI is InChI=1S/C18H15BrN2O2S/c1-3-10-21-16-14(23-2)8-5-9-15(16)24-18(21)20-17(22)12-6-4-7-13(19)11-12/h3-9,11H,1,10H2,2H3. The second kappa shape index (κ2) is 7.15. The van der Waals surface area contributed by atoms with Crippen molar-refractivity contribution in [1.29, 1.82) is 0 Å². The first kappa shape index (κ1) is 16.7. The number of fused-ring (bicyclic) bond motifs is 1. The maximum Gasteiger partial charge on any atom is 0.279 e. The van der Waals surface area contributed by atoms with Crippen LogP contribution in [0.3, 0.4) is 0 Å². The number of thiazole rings is 1. The molecule has 4 nitrogen and oxygen atoms in total. The molecule has 3 aromatic rings. The van der Waals surface area contributed by atoms with E-state index >= 15 is 0 Å². The molecule has 0 bridgehead atoms. The van der Waals surface area contributed by atoms with Gasteiger partial charge in [0.2, 0.25) is 0 Å². The molecule has 3 rings (SSSR count). The Labute approximate surface area is 151 Å². The summed E-state index contributed by atoms with van der Waals surface area (Å²) in [5.74, 6) is 0.474. The Morgan fingerprint density at radius 3 is 2.88 bits per heavy atom. The van der Waals surface area contributed by atoms with Gasteiger partial charge in [-0.1, -0.05) is 45.5 Å². The summed E-state index contributed by atoms with van der Waals surface area (Å²) < 4.78 is 9.26. The minimum Gasteiger partial charge on any atom is -0.495 e. The first-order valence-corrected chi connectivity index (χ1v) is 8.87. The number of amides is 1. The number of rotatable bonds is 4. The molecule has 0 saturated heterocycles. The van der Waals surface area contributed by atoms with Crippen molar-refractivity contribution < 1.29 is 9.53 Å². The molecule has 0 atom stereocenters. The molecule has 0 fully saturated rings. The molecule has 0 aliphatic heterocycles. The fourth-order valence-electron chi connectivity index (χ4n) is 2.42. The fraction of sp³-hybridized carbons (Fsp3) is 0.111. The van der Waals surface area contributed by atoms with Gasteiger partial charge in [0.1, 0.15) is 11.3 Å². The predicted octanol–water partition coefficient (Wildman–Crippen LogP) is 4.40. The molecule has 0 spiro atoms. The molecule has 0 N–H and O–H groups in total. The highest BCUT2D eigenvalue weighted by Gasteiger charge is 2.12. The zero-order valence-electron chi connectivity index (χ0n) is 13.0. The SMILES string of the molecule is C=CCn1c(=NC(=O)c2cccc(Br)c2)sc2cccc(OC)c21. The summed E-state index contributed by atoms with van der Waals surface area (Å²) in [5, 5.41) is 0. The van der Waals surface area contributed by atoms with Gasteiger partial charge >= 0.3 is 0 Å². The maximum atomic E-state index is 12.5. The Balaban J connectivity index is 2.19. The van der Waals surface area contributed by atoms with E-state index in [4.69, 9.17) is 4.74 Å². The summed E-state index contributed by atoms with van der Waals surface area (Å²) >= 11 is 4.83. The van der Waals surface area contributed by atoms with Gasteiger partial charge in [-0.3, -0.25) is 4.79 Å². The Morgan fingerprint density at radius 2 is 2.17 bits per heavy atom. The number of hydrogen-bond acceptors (Lipinski definition) is 3. The number of methoxy groups -OCH3 is 1. The Hall–Kier alpha value is -2.18. The molecule has 2 aromatic carbocycles. The van der Waals surface area contributed by atoms with Gasteiger partial charge in [-0.15, -0.1) is 6.58 Å². The second-order valence-corrected chi connectivity index (χ2v) is 6.94. The van der Waals surface area contributed by atoms with Gasteiger partial charge in [-0.25, -0.2) is 0 Å². The van der Waals surface area contributed by atoms with Gasteiger partial charge in [0, 0.05) is 16.6 Å². The van der Waals surface area contributed by atoms with Crippen molar-refractivity contribution in [1.82, 2.24) is 4.57 Å². The minimum absolute atomic E-state index is 0.278. The number of benzene rings is 2. The molecule has 0 aliphatic rings. The van der Waals surface area contributed by atoms with Crippen LogP contribution < -0.4 is 9.54 Å². The molecule has 1 aromatic heterocycles. The van der Waals surface area contributed by atoms with Gasteiger partial charge in [0.15, 0.2) is 4.80 Å². The monoisotopic (exact) mass is 402 g/mol. The predicted molar refractivity (Wildman–Crippen MR) is 101 cm³/mol. The summed E-state index contributed by atoms with van der Waals surface area (Å²) in [6, 6.07) is 13.0. The van der Waals surface area contributed by atoms with Gasteiger partial charge in [-0.2, -0.15) is 4.99 Å². The van der Waals surface area contributed by atoms with Crippen LogP contribution in [-0.4, -0.2) is 17.6 Å². The summed E-state index contributed by atoms with van der Waals surface area (Å²) in [7, 11) is 1.63. The fourth-order valence-corrected chi connectivity index (χ4v) is 3.87. The van der Waals surface area contributed by atoms with Gasteiger partial charge in [-0.05, 0) is 30.3 Å². The van der Waals surface area contributed by atoms with Crippen LogP contribution in [-0.2, 0) is 6.54 Å². The van der Waals surface area contributed by atoms with Crippen molar-refractivity contribution in [2.45, 2.75) is 6.54 Å². The van der Waals surface area contributed by atoms with E-state index in [1.54, 1.807) is 25.3 Å². The van der Waals surface area contributed by atoms with Crippen LogP contribution in [0.1, 0.15) is 10.4 Å². The van der Waals surface area contributed by atoms with Crippen molar-refractivity contribution in [3.05, 3.63) is 70.0 Å². The quantitative estimate of drug-likeness (QED) is 0.606. The third-order valence-corrected chi connectivity index (χ3v) is 5.00. The van der Waals surface area contributed by atoms with E-state index in [2.05, 4.69) is 27.5 Å². The smallest absolute Gasteiger partial charge is 0.279 e. The summed E-state index contributed by atoms with van der Waals surface area (Å²) in [5.41, 5.74) is 1.46. The van der Waals surface area contributed by atoms with Gasteiger partial charge < -0.3 is 9.30 Å². The molecule has 122 valence electrons. The number of carbonyl (C=O) groups excluding carboxylic acids is 1. The van der Waals surface area contributed by atoms with Crippen molar-refractivity contribution >= 4 is 43.4 Å². The second-order valence-electron chi connectivity index (χ2n) is 5.02. The summed E-state index contributed by atoms with van der Waals surface area (Å²) in [6.45, 7) is 4.34. The highest BCUT2D eigenvalue weighted by molar-refractivity contribution is 9.10. The number of nitrogens with zero attached hydrogens (tertiary/aromatic N) is 2. The average molecular weight is 403 g/mol. The third kappa shape index (κ3) is 3.20. The minimum atomic E-state index is -0.278. The zero-order chi connectivity index (χ0) is 17.1. The van der Waals surface area contributed by atoms with E-state index in [1.165, 1.54) is 11.3 Å². The van der Waals surface area contributed by atoms with E-state index in [9.17, 15) is 4.79 Å². The van der Waals surface area contributed by atoms with Crippen molar-refractivity contribution in [3.8, 4) is 5.75 Å². The topological polar surface area (TPSA) is 43.6 Å². The number of para-hydroxylation sites is 1. The molecule has 1 amide bonds. The molecule has 0 unspecified atom stereocenters. The highest BCUT2D eigenvalue weighted by Crippen LogP contribution is 2.27.